The van der Waals surface area contributed by atoms with Gasteiger partial charge in [0.2, 0.25) is 0 Å². The summed E-state index contributed by atoms with van der Waals surface area (Å²) in [7, 11) is -0.827. The van der Waals surface area contributed by atoms with Crippen LogP contribution in [0.4, 0.5) is 0 Å². The monoisotopic (exact) mass is 266 g/mol. The zero-order valence-electron chi connectivity index (χ0n) is 12.2. The number of hydrogen-bond donors (Lipinski definition) is 0. The van der Waals surface area contributed by atoms with Gasteiger partial charge >= 0.3 is 0 Å². The highest BCUT2D eigenvalue weighted by Gasteiger charge is 2.34. The summed E-state index contributed by atoms with van der Waals surface area (Å²) in [5.41, 5.74) is 0. The molecule has 2 aliphatic carbocycles. The average Bonchev–Trinajstić information content (AvgIpc) is 2.97. The van der Waals surface area contributed by atoms with E-state index in [0.29, 0.717) is 0 Å². The summed E-state index contributed by atoms with van der Waals surface area (Å²) in [5.74, 6) is 2.85. The van der Waals surface area contributed by atoms with E-state index >= 15 is 0 Å². The quantitative estimate of drug-likeness (QED) is 0.338. The molecule has 3 unspecified atom stereocenters. The number of allylic oxidation sites excluding steroid dienone is 2. The molecule has 2 aliphatic rings. The molecule has 0 heterocycles. The Kier molecular flexibility index (Phi) is 5.96. The minimum atomic E-state index is -0.827. The molecule has 0 aromatic heterocycles. The highest BCUT2D eigenvalue weighted by atomic mass is 28.3. The highest BCUT2D eigenvalue weighted by molar-refractivity contribution is 6.51. The van der Waals surface area contributed by atoms with Crippen LogP contribution in [-0.2, 0) is 4.43 Å². The third kappa shape index (κ3) is 3.96. The lowest BCUT2D eigenvalue weighted by Gasteiger charge is -2.19. The van der Waals surface area contributed by atoms with E-state index in [4.69, 9.17) is 4.43 Å². The Hall–Kier alpha value is -0.0831. The molecule has 0 aliphatic heterocycles. The van der Waals surface area contributed by atoms with Crippen LogP contribution in [0.15, 0.2) is 12.2 Å². The van der Waals surface area contributed by atoms with Gasteiger partial charge in [-0.2, -0.15) is 0 Å². The van der Waals surface area contributed by atoms with Crippen LogP contribution in [0.3, 0.4) is 0 Å². The van der Waals surface area contributed by atoms with E-state index in [0.717, 1.165) is 24.4 Å². The minimum absolute atomic E-state index is 0.827. The van der Waals surface area contributed by atoms with Crippen LogP contribution in [0.1, 0.15) is 52.4 Å². The summed E-state index contributed by atoms with van der Waals surface area (Å²) < 4.78 is 6.18. The summed E-state index contributed by atoms with van der Waals surface area (Å²) in [6, 6.07) is 2.76. The Morgan fingerprint density at radius 2 is 1.89 bits per heavy atom. The molecule has 0 radical (unpaired) electrons. The van der Waals surface area contributed by atoms with Crippen molar-refractivity contribution < 1.29 is 4.43 Å². The molecule has 1 saturated carbocycles. The van der Waals surface area contributed by atoms with E-state index in [9.17, 15) is 0 Å². The molecule has 0 aromatic rings. The van der Waals surface area contributed by atoms with Gasteiger partial charge in [0, 0.05) is 6.61 Å². The third-order valence-corrected chi connectivity index (χ3v) is 7.86. The van der Waals surface area contributed by atoms with Crippen LogP contribution in [-0.4, -0.2) is 15.6 Å². The molecule has 0 aromatic carbocycles. The van der Waals surface area contributed by atoms with Gasteiger partial charge in [-0.15, -0.1) is 0 Å². The Bertz CT molecular complexity index is 258. The fourth-order valence-corrected chi connectivity index (χ4v) is 6.19. The Morgan fingerprint density at radius 3 is 2.44 bits per heavy atom. The van der Waals surface area contributed by atoms with Gasteiger partial charge in [0.1, 0.15) is 0 Å². The first-order chi connectivity index (χ1) is 8.83. The molecule has 3 atom stereocenters. The minimum Gasteiger partial charge on any atom is -0.420 e. The molecule has 2 heteroatoms. The summed E-state index contributed by atoms with van der Waals surface area (Å²) in [5, 5.41) is 0. The maximum absolute atomic E-state index is 6.18. The predicted molar refractivity (Wildman–Crippen MR) is 81.4 cm³/mol. The molecule has 2 rings (SSSR count). The fourth-order valence-electron chi connectivity index (χ4n) is 3.78. The van der Waals surface area contributed by atoms with Crippen molar-refractivity contribution in [1.29, 1.82) is 0 Å². The smallest absolute Gasteiger partial charge is 0.176 e. The van der Waals surface area contributed by atoms with Crippen molar-refractivity contribution in [2.75, 3.05) is 6.61 Å². The summed E-state index contributed by atoms with van der Waals surface area (Å²) in [6.45, 7) is 5.63. The van der Waals surface area contributed by atoms with Gasteiger partial charge in [0.05, 0.1) is 0 Å². The first-order valence-corrected chi connectivity index (χ1v) is 10.2. The molecule has 1 fully saturated rings. The largest absolute Gasteiger partial charge is 0.420 e. The van der Waals surface area contributed by atoms with Crippen LogP contribution >= 0.6 is 0 Å². The average molecular weight is 267 g/mol. The lowest BCUT2D eigenvalue weighted by Crippen LogP contribution is -2.18. The van der Waals surface area contributed by atoms with Crippen molar-refractivity contribution in [1.82, 2.24) is 0 Å². The van der Waals surface area contributed by atoms with E-state index in [2.05, 4.69) is 26.0 Å². The molecular weight excluding hydrogens is 236 g/mol. The maximum atomic E-state index is 6.18. The van der Waals surface area contributed by atoms with Crippen LogP contribution in [0.5, 0.6) is 0 Å². The zero-order chi connectivity index (χ0) is 12.8. The van der Waals surface area contributed by atoms with Gasteiger partial charge in [0.15, 0.2) is 9.04 Å². The molecule has 18 heavy (non-hydrogen) atoms. The van der Waals surface area contributed by atoms with E-state index < -0.39 is 9.04 Å². The van der Waals surface area contributed by atoms with E-state index in [1.165, 1.54) is 50.6 Å². The number of hydrogen-bond acceptors (Lipinski definition) is 1. The standard InChI is InChI=1S/C16H30OSi/c1-3-10-18(11-4-2)17-9-5-6-15-12-14-7-8-16(15)13-14/h7-8,14-16,18H,3-6,9-13H2,1-2H3. The fraction of sp³-hybridized carbons (Fsp3) is 0.875. The molecule has 0 N–H and O–H groups in total. The van der Waals surface area contributed by atoms with Gasteiger partial charge in [-0.05, 0) is 55.5 Å². The van der Waals surface area contributed by atoms with Gasteiger partial charge in [-0.1, -0.05) is 38.8 Å². The van der Waals surface area contributed by atoms with E-state index in [1.54, 1.807) is 0 Å². The van der Waals surface area contributed by atoms with Crippen LogP contribution in [0, 0.1) is 17.8 Å². The van der Waals surface area contributed by atoms with Crippen molar-refractivity contribution in [2.45, 2.75) is 64.5 Å². The normalized spacial score (nSPS) is 29.6. The van der Waals surface area contributed by atoms with E-state index in [1.807, 2.05) is 0 Å². The van der Waals surface area contributed by atoms with Crippen molar-refractivity contribution in [3.05, 3.63) is 12.2 Å². The van der Waals surface area contributed by atoms with Crippen molar-refractivity contribution in [2.24, 2.45) is 17.8 Å². The topological polar surface area (TPSA) is 9.23 Å². The van der Waals surface area contributed by atoms with Crippen molar-refractivity contribution >= 4 is 9.04 Å². The first kappa shape index (κ1) is 14.3. The van der Waals surface area contributed by atoms with Gasteiger partial charge < -0.3 is 4.43 Å². The van der Waals surface area contributed by atoms with E-state index in [-0.39, 0.29) is 0 Å². The van der Waals surface area contributed by atoms with Gasteiger partial charge in [-0.3, -0.25) is 0 Å². The second-order valence-electron chi connectivity index (χ2n) is 6.25. The van der Waals surface area contributed by atoms with Crippen molar-refractivity contribution in [3.8, 4) is 0 Å². The maximum Gasteiger partial charge on any atom is 0.176 e. The molecule has 0 amide bonds. The number of fused-ring (bicyclic) bond motifs is 2. The number of rotatable bonds is 9. The molecule has 1 nitrogen and oxygen atoms in total. The van der Waals surface area contributed by atoms with Crippen LogP contribution < -0.4 is 0 Å². The third-order valence-electron chi connectivity index (χ3n) is 4.71. The molecule has 0 spiro atoms. The Morgan fingerprint density at radius 1 is 1.11 bits per heavy atom. The van der Waals surface area contributed by atoms with Crippen LogP contribution in [0.25, 0.3) is 0 Å². The van der Waals surface area contributed by atoms with Gasteiger partial charge in [0.25, 0.3) is 0 Å². The molecular formula is C16H30OSi. The summed E-state index contributed by atoms with van der Waals surface area (Å²) >= 11 is 0. The second kappa shape index (κ2) is 7.49. The summed E-state index contributed by atoms with van der Waals surface area (Å²) in [6.07, 6.45) is 13.2. The lowest BCUT2D eigenvalue weighted by molar-refractivity contribution is 0.282. The first-order valence-electron chi connectivity index (χ1n) is 8.13. The summed E-state index contributed by atoms with van der Waals surface area (Å²) in [4.78, 5) is 0. The predicted octanol–water partition coefficient (Wildman–Crippen LogP) is 4.54. The van der Waals surface area contributed by atoms with Crippen LogP contribution in [0.2, 0.25) is 12.1 Å². The molecule has 104 valence electrons. The second-order valence-corrected chi connectivity index (χ2v) is 8.98. The molecule has 2 bridgehead atoms. The zero-order valence-corrected chi connectivity index (χ0v) is 13.4. The van der Waals surface area contributed by atoms with Gasteiger partial charge in [-0.25, -0.2) is 0 Å². The SMILES string of the molecule is CCC[SiH](CCC)OCCCC1CC2C=CC1C2. The Labute approximate surface area is 115 Å². The highest BCUT2D eigenvalue weighted by Crippen LogP contribution is 2.45. The lowest BCUT2D eigenvalue weighted by atomic mass is 9.90. The Balaban J connectivity index is 1.56. The molecule has 0 saturated heterocycles. The van der Waals surface area contributed by atoms with Crippen molar-refractivity contribution in [3.63, 3.8) is 0 Å².